The molecule has 0 heterocycles. The van der Waals surface area contributed by atoms with Gasteiger partial charge in [0.25, 0.3) is 0 Å². The number of carboxylic acid groups (broad SMARTS) is 2. The van der Waals surface area contributed by atoms with E-state index in [1.165, 1.54) is 18.7 Å². The molecule has 0 aliphatic rings. The van der Waals surface area contributed by atoms with Crippen molar-refractivity contribution in [2.75, 3.05) is 20.3 Å². The number of aliphatic hydroxyl groups is 1. The molecule has 0 aromatic heterocycles. The van der Waals surface area contributed by atoms with Crippen molar-refractivity contribution < 1.29 is 53.5 Å². The summed E-state index contributed by atoms with van der Waals surface area (Å²) >= 11 is 0. The number of ether oxygens (including phenoxy) is 3. The molecular formula is C33H48O11. The van der Waals surface area contributed by atoms with E-state index in [-0.39, 0.29) is 24.1 Å². The number of carboxylic acids is 2. The highest BCUT2D eigenvalue weighted by Crippen LogP contribution is 1.98. The van der Waals surface area contributed by atoms with E-state index in [0.717, 1.165) is 12.8 Å². The minimum Gasteiger partial charge on any atom is -0.481 e. The lowest BCUT2D eigenvalue weighted by Crippen LogP contribution is -2.17. The van der Waals surface area contributed by atoms with Gasteiger partial charge in [-0.1, -0.05) is 89.6 Å². The molecule has 0 aliphatic carbocycles. The topological polar surface area (TPSA) is 174 Å². The lowest BCUT2D eigenvalue weighted by Gasteiger charge is -2.07. The van der Waals surface area contributed by atoms with Gasteiger partial charge in [-0.2, -0.15) is 0 Å². The zero-order chi connectivity index (χ0) is 35.1. The molecule has 0 bridgehead atoms. The summed E-state index contributed by atoms with van der Waals surface area (Å²) in [4.78, 5) is 50.9. The predicted octanol–water partition coefficient (Wildman–Crippen LogP) is 5.56. The van der Waals surface area contributed by atoms with E-state index >= 15 is 0 Å². The molecule has 0 amide bonds. The van der Waals surface area contributed by atoms with Gasteiger partial charge in [-0.3, -0.25) is 4.79 Å². The van der Waals surface area contributed by atoms with Crippen molar-refractivity contribution in [2.24, 2.45) is 0 Å². The number of methoxy groups -OCH3 is 1. The summed E-state index contributed by atoms with van der Waals surface area (Å²) in [7, 11) is 1.33. The van der Waals surface area contributed by atoms with Crippen molar-refractivity contribution in [2.45, 2.75) is 59.5 Å². The molecule has 0 aliphatic heterocycles. The van der Waals surface area contributed by atoms with Crippen LogP contribution in [0.1, 0.15) is 58.9 Å². The van der Waals surface area contributed by atoms with Crippen LogP contribution in [-0.2, 0) is 38.2 Å². The Hall–Kier alpha value is -4.77. The quantitative estimate of drug-likeness (QED) is 0.109. The number of unbranched alkanes of at least 4 members (excludes halogenated alkanes) is 1. The predicted molar refractivity (Wildman–Crippen MR) is 171 cm³/mol. The Balaban J connectivity index is -0.000000229. The van der Waals surface area contributed by atoms with E-state index in [1.54, 1.807) is 13.8 Å². The molecule has 3 N–H and O–H groups in total. The molecule has 1 aromatic carbocycles. The van der Waals surface area contributed by atoms with Crippen LogP contribution >= 0.6 is 0 Å². The highest BCUT2D eigenvalue weighted by atomic mass is 16.5. The molecule has 0 spiro atoms. The molecule has 11 heteroatoms. The van der Waals surface area contributed by atoms with E-state index in [2.05, 4.69) is 47.1 Å². The minimum atomic E-state index is -1.27. The van der Waals surface area contributed by atoms with Gasteiger partial charge in [0, 0.05) is 22.8 Å². The minimum absolute atomic E-state index is 0.0577. The summed E-state index contributed by atoms with van der Waals surface area (Å²) in [5.41, 5.74) is 1.66. The number of benzene rings is 1. The molecule has 0 radical (unpaired) electrons. The first-order chi connectivity index (χ1) is 20.5. The maximum absolute atomic E-state index is 10.7. The van der Waals surface area contributed by atoms with E-state index < -0.39 is 30.4 Å². The Labute approximate surface area is 260 Å². The Kier molecular flexibility index (Phi) is 32.7. The molecule has 11 nitrogen and oxygen atoms in total. The van der Waals surface area contributed by atoms with Crippen LogP contribution in [0, 0.1) is 0 Å². The van der Waals surface area contributed by atoms with Gasteiger partial charge >= 0.3 is 29.8 Å². The van der Waals surface area contributed by atoms with Gasteiger partial charge in [0.05, 0.1) is 26.2 Å². The molecule has 246 valence electrons. The van der Waals surface area contributed by atoms with Crippen LogP contribution in [-0.4, -0.2) is 71.6 Å². The Morgan fingerprint density at radius 2 is 1.41 bits per heavy atom. The molecule has 1 atom stereocenters. The third-order valence-corrected chi connectivity index (χ3v) is 4.37. The highest BCUT2D eigenvalue weighted by molar-refractivity contribution is 5.91. The van der Waals surface area contributed by atoms with Crippen molar-refractivity contribution in [1.82, 2.24) is 0 Å². The van der Waals surface area contributed by atoms with Crippen molar-refractivity contribution in [3.05, 3.63) is 91.6 Å². The van der Waals surface area contributed by atoms with Crippen molar-refractivity contribution in [1.29, 1.82) is 0 Å². The second-order valence-electron chi connectivity index (χ2n) is 8.53. The standard InChI is InChI=1S/C8H14O3.C8H8.C7H12O2.C5H6O4.C5H8O2/c1-4-7(9)5-11-8(10)6(2)3;1-2-8-6-4-3-5-7-8;1-3-5-6-9-7(8)4-2;1-3(5(8)9)2-4(6)7;1-4(2)5(6)7-3/h7,9H,2,4-5H2,1,3H3;2-7H,1H2;4H,2-3,5-6H2,1H3;1-2H2,(H,6,7)(H,8,9);1H2,2-3H3. The van der Waals surface area contributed by atoms with Crippen LogP contribution in [0.4, 0.5) is 0 Å². The number of aliphatic carboxylic acids is 2. The summed E-state index contributed by atoms with van der Waals surface area (Å²) in [6, 6.07) is 10.0. The lowest BCUT2D eigenvalue weighted by molar-refractivity contribution is -0.142. The van der Waals surface area contributed by atoms with E-state index in [4.69, 9.17) is 15.3 Å². The lowest BCUT2D eigenvalue weighted by atomic mass is 10.2. The first kappa shape index (κ1) is 46.2. The Morgan fingerprint density at radius 3 is 1.68 bits per heavy atom. The third-order valence-electron chi connectivity index (χ3n) is 4.37. The number of hydrogen-bond acceptors (Lipinski definition) is 9. The van der Waals surface area contributed by atoms with Crippen LogP contribution in [0.15, 0.2) is 86.0 Å². The average molecular weight is 621 g/mol. The summed E-state index contributed by atoms with van der Waals surface area (Å²) in [6.07, 6.45) is 4.51. The summed E-state index contributed by atoms with van der Waals surface area (Å²) in [5, 5.41) is 25.1. The number of carbonyl (C=O) groups is 5. The molecule has 1 rings (SSSR count). The molecule has 0 saturated heterocycles. The summed E-state index contributed by atoms with van der Waals surface area (Å²) in [6.45, 7) is 24.3. The van der Waals surface area contributed by atoms with E-state index in [0.29, 0.717) is 24.2 Å². The number of esters is 3. The maximum Gasteiger partial charge on any atom is 0.333 e. The van der Waals surface area contributed by atoms with Gasteiger partial charge in [0.15, 0.2) is 0 Å². The van der Waals surface area contributed by atoms with Gasteiger partial charge in [0.1, 0.15) is 6.61 Å². The third kappa shape index (κ3) is 35.3. The molecule has 0 fully saturated rings. The molecular weight excluding hydrogens is 572 g/mol. The zero-order valence-corrected chi connectivity index (χ0v) is 26.5. The van der Waals surface area contributed by atoms with Gasteiger partial charge in [-0.25, -0.2) is 19.2 Å². The second-order valence-corrected chi connectivity index (χ2v) is 8.53. The fourth-order valence-corrected chi connectivity index (χ4v) is 1.81. The highest BCUT2D eigenvalue weighted by Gasteiger charge is 2.07. The first-order valence-electron chi connectivity index (χ1n) is 13.4. The molecule has 1 unspecified atom stereocenters. The van der Waals surface area contributed by atoms with Gasteiger partial charge < -0.3 is 29.5 Å². The van der Waals surface area contributed by atoms with E-state index in [9.17, 15) is 24.0 Å². The monoisotopic (exact) mass is 620 g/mol. The van der Waals surface area contributed by atoms with Crippen molar-refractivity contribution in [3.63, 3.8) is 0 Å². The van der Waals surface area contributed by atoms with Crippen molar-refractivity contribution >= 4 is 35.9 Å². The smallest absolute Gasteiger partial charge is 0.333 e. The normalized spacial score (nSPS) is 9.32. The van der Waals surface area contributed by atoms with Crippen LogP contribution in [0.25, 0.3) is 6.08 Å². The van der Waals surface area contributed by atoms with Crippen LogP contribution < -0.4 is 0 Å². The zero-order valence-electron chi connectivity index (χ0n) is 26.5. The number of rotatable bonds is 13. The van der Waals surface area contributed by atoms with Gasteiger partial charge in [0.2, 0.25) is 0 Å². The van der Waals surface area contributed by atoms with Crippen LogP contribution in [0.5, 0.6) is 0 Å². The summed E-state index contributed by atoms with van der Waals surface area (Å²) < 4.78 is 13.6. The fourth-order valence-electron chi connectivity index (χ4n) is 1.81. The number of aliphatic hydroxyl groups excluding tert-OH is 1. The number of carbonyl (C=O) groups excluding carboxylic acids is 3. The molecule has 0 saturated carbocycles. The largest absolute Gasteiger partial charge is 0.481 e. The Bertz CT molecular complexity index is 1060. The first-order valence-corrected chi connectivity index (χ1v) is 13.4. The van der Waals surface area contributed by atoms with E-state index in [1.807, 2.05) is 50.3 Å². The number of hydrogen-bond donors (Lipinski definition) is 3. The summed E-state index contributed by atoms with van der Waals surface area (Å²) in [5.74, 6) is -3.57. The Morgan fingerprint density at radius 1 is 0.886 bits per heavy atom. The van der Waals surface area contributed by atoms with Crippen LogP contribution in [0.2, 0.25) is 0 Å². The maximum atomic E-state index is 10.7. The molecule has 1 aromatic rings. The van der Waals surface area contributed by atoms with Gasteiger partial charge in [-0.15, -0.1) is 0 Å². The fraction of sp³-hybridized carbons (Fsp3) is 0.364. The SMILES string of the molecule is C=C(C)C(=O)OC.C=C(C)C(=O)OCC(O)CC.C=C(CC(=O)O)C(=O)O.C=CC(=O)OCCCC.C=Cc1ccccc1. The van der Waals surface area contributed by atoms with Gasteiger partial charge in [-0.05, 0) is 32.3 Å². The second kappa shape index (κ2) is 31.2. The molecule has 44 heavy (non-hydrogen) atoms. The van der Waals surface area contributed by atoms with Crippen LogP contribution in [0.3, 0.4) is 0 Å². The van der Waals surface area contributed by atoms with Crippen molar-refractivity contribution in [3.8, 4) is 0 Å². The average Bonchev–Trinajstić information content (AvgIpc) is 3.00.